The zero-order valence-electron chi connectivity index (χ0n) is 17.7. The van der Waals surface area contributed by atoms with E-state index in [1.807, 2.05) is 0 Å². The molecule has 1 N–H and O–H groups in total. The molecule has 0 aliphatic rings. The average molecular weight is 452 g/mol. The van der Waals surface area contributed by atoms with Crippen molar-refractivity contribution < 1.29 is 22.6 Å². The van der Waals surface area contributed by atoms with Crippen molar-refractivity contribution in [2.75, 3.05) is 20.0 Å². The first kappa shape index (κ1) is 23.0. The minimum atomic E-state index is -4.43. The zero-order chi connectivity index (χ0) is 22.8. The Balaban J connectivity index is 2.16. The predicted octanol–water partition coefficient (Wildman–Crippen LogP) is 5.35. The highest BCUT2D eigenvalue weighted by Gasteiger charge is 2.30. The molecule has 0 bridgehead atoms. The molecule has 1 aromatic heterocycles. The van der Waals surface area contributed by atoms with Crippen LogP contribution < -0.4 is 15.0 Å². The van der Waals surface area contributed by atoms with Crippen molar-refractivity contribution in [3.05, 3.63) is 53.0 Å². The first-order valence-electron chi connectivity index (χ1n) is 9.64. The van der Waals surface area contributed by atoms with Gasteiger partial charge in [0.2, 0.25) is 0 Å². The van der Waals surface area contributed by atoms with Crippen LogP contribution in [-0.2, 0) is 12.7 Å². The van der Waals surface area contributed by atoms with Gasteiger partial charge in [-0.2, -0.15) is 13.2 Å². The van der Waals surface area contributed by atoms with Gasteiger partial charge in [0.1, 0.15) is 5.49 Å². The van der Waals surface area contributed by atoms with Gasteiger partial charge in [-0.15, -0.1) is 0 Å². The quantitative estimate of drug-likeness (QED) is 0.389. The highest BCUT2D eigenvalue weighted by atomic mass is 32.2. The summed E-state index contributed by atoms with van der Waals surface area (Å²) in [6.45, 7) is 4.24. The number of halogens is 3. The lowest BCUT2D eigenvalue weighted by Crippen LogP contribution is -2.24. The summed E-state index contributed by atoms with van der Waals surface area (Å²) in [5, 5.41) is 9.87. The minimum Gasteiger partial charge on any atom is -0.493 e. The summed E-state index contributed by atoms with van der Waals surface area (Å²) in [4.78, 5) is 4.71. The van der Waals surface area contributed by atoms with Crippen molar-refractivity contribution in [3.8, 4) is 11.5 Å². The van der Waals surface area contributed by atoms with Gasteiger partial charge in [0.05, 0.1) is 31.8 Å². The third-order valence-corrected chi connectivity index (χ3v) is 6.02. The SMILES string of the molecule is COc1cc2nc(SCC(C)C)n(Cc3cccc(C(F)(F)F)c3)c(=N)c2cc1OC. The van der Waals surface area contributed by atoms with Crippen molar-refractivity contribution in [3.63, 3.8) is 0 Å². The number of hydrogen-bond acceptors (Lipinski definition) is 5. The molecule has 9 heteroatoms. The zero-order valence-corrected chi connectivity index (χ0v) is 18.5. The van der Waals surface area contributed by atoms with Crippen LogP contribution in [0, 0.1) is 11.3 Å². The Morgan fingerprint density at radius 1 is 1.10 bits per heavy atom. The van der Waals surface area contributed by atoms with E-state index in [0.717, 1.165) is 17.9 Å². The fourth-order valence-corrected chi connectivity index (χ4v) is 4.04. The molecule has 0 amide bonds. The molecule has 3 aromatic rings. The Labute approximate surface area is 182 Å². The highest BCUT2D eigenvalue weighted by molar-refractivity contribution is 7.99. The molecule has 0 aliphatic heterocycles. The largest absolute Gasteiger partial charge is 0.493 e. The van der Waals surface area contributed by atoms with Crippen LogP contribution in [0.15, 0.2) is 41.6 Å². The van der Waals surface area contributed by atoms with Crippen molar-refractivity contribution >= 4 is 22.7 Å². The van der Waals surface area contributed by atoms with E-state index >= 15 is 0 Å². The number of benzene rings is 2. The molecule has 0 saturated heterocycles. The van der Waals surface area contributed by atoms with E-state index < -0.39 is 11.7 Å². The van der Waals surface area contributed by atoms with Gasteiger partial charge >= 0.3 is 6.18 Å². The molecule has 166 valence electrons. The second-order valence-electron chi connectivity index (χ2n) is 7.46. The van der Waals surface area contributed by atoms with Crippen LogP contribution in [-0.4, -0.2) is 29.5 Å². The standard InChI is InChI=1S/C22H24F3N3O2S/c1-13(2)12-31-21-27-17-10-19(30-4)18(29-3)9-16(17)20(26)28(21)11-14-6-5-7-15(8-14)22(23,24)25/h5-10,13,26H,11-12H2,1-4H3. The third-order valence-electron chi connectivity index (χ3n) is 4.61. The van der Waals surface area contributed by atoms with Crippen molar-refractivity contribution in [2.24, 2.45) is 5.92 Å². The van der Waals surface area contributed by atoms with Crippen LogP contribution in [0.5, 0.6) is 11.5 Å². The molecule has 3 rings (SSSR count). The number of fused-ring (bicyclic) bond motifs is 1. The molecule has 0 fully saturated rings. The lowest BCUT2D eigenvalue weighted by atomic mass is 10.1. The minimum absolute atomic E-state index is 0.0977. The summed E-state index contributed by atoms with van der Waals surface area (Å²) >= 11 is 1.47. The maximum absolute atomic E-state index is 13.2. The van der Waals surface area contributed by atoms with Crippen LogP contribution in [0.2, 0.25) is 0 Å². The lowest BCUT2D eigenvalue weighted by Gasteiger charge is -2.17. The summed E-state index contributed by atoms with van der Waals surface area (Å²) < 4.78 is 51.8. The Hall–Kier alpha value is -2.68. The predicted molar refractivity (Wildman–Crippen MR) is 115 cm³/mol. The number of ether oxygens (including phenoxy) is 2. The van der Waals surface area contributed by atoms with Crippen molar-refractivity contribution in [2.45, 2.75) is 31.7 Å². The number of thioether (sulfide) groups is 1. The first-order valence-corrected chi connectivity index (χ1v) is 10.6. The topological polar surface area (TPSA) is 60.1 Å². The molecular formula is C22H24F3N3O2S. The first-order chi connectivity index (χ1) is 14.6. The van der Waals surface area contributed by atoms with E-state index in [-0.39, 0.29) is 12.0 Å². The van der Waals surface area contributed by atoms with Crippen LogP contribution in [0.4, 0.5) is 13.2 Å². The number of nitrogens with one attached hydrogen (secondary N) is 1. The molecule has 0 spiro atoms. The Morgan fingerprint density at radius 3 is 2.39 bits per heavy atom. The van der Waals surface area contributed by atoms with Gasteiger partial charge in [-0.25, -0.2) is 4.98 Å². The fraction of sp³-hybridized carbons (Fsp3) is 0.364. The monoisotopic (exact) mass is 451 g/mol. The van der Waals surface area contributed by atoms with Crippen LogP contribution in [0.25, 0.3) is 10.9 Å². The number of hydrogen-bond donors (Lipinski definition) is 1. The normalized spacial score (nSPS) is 11.9. The Morgan fingerprint density at radius 2 is 1.77 bits per heavy atom. The molecular weight excluding hydrogens is 427 g/mol. The van der Waals surface area contributed by atoms with Crippen molar-refractivity contribution in [1.82, 2.24) is 9.55 Å². The molecule has 0 aliphatic carbocycles. The Bertz CT molecular complexity index is 1140. The van der Waals surface area contributed by atoms with E-state index in [1.54, 1.807) is 22.8 Å². The summed E-state index contributed by atoms with van der Waals surface area (Å²) in [7, 11) is 3.03. The summed E-state index contributed by atoms with van der Waals surface area (Å²) in [6, 6.07) is 8.54. The summed E-state index contributed by atoms with van der Waals surface area (Å²) in [6.07, 6.45) is -4.43. The van der Waals surface area contributed by atoms with Gasteiger partial charge in [-0.1, -0.05) is 37.7 Å². The maximum atomic E-state index is 13.2. The molecule has 5 nitrogen and oxygen atoms in total. The molecule has 0 atom stereocenters. The molecule has 0 saturated carbocycles. The second kappa shape index (κ2) is 9.21. The van der Waals surface area contributed by atoms with Crippen LogP contribution in [0.3, 0.4) is 0 Å². The van der Waals surface area contributed by atoms with Gasteiger partial charge in [0.15, 0.2) is 16.7 Å². The molecule has 2 aromatic carbocycles. The van der Waals surface area contributed by atoms with Gasteiger partial charge in [-0.3, -0.25) is 5.41 Å². The fourth-order valence-electron chi connectivity index (χ4n) is 3.08. The molecule has 0 unspecified atom stereocenters. The molecule has 1 heterocycles. The second-order valence-corrected chi connectivity index (χ2v) is 8.44. The Kier molecular flexibility index (Phi) is 6.83. The lowest BCUT2D eigenvalue weighted by molar-refractivity contribution is -0.137. The highest BCUT2D eigenvalue weighted by Crippen LogP contribution is 2.32. The number of methoxy groups -OCH3 is 2. The van der Waals surface area contributed by atoms with E-state index in [0.29, 0.717) is 39.0 Å². The van der Waals surface area contributed by atoms with E-state index in [9.17, 15) is 13.2 Å². The van der Waals surface area contributed by atoms with E-state index in [4.69, 9.17) is 19.9 Å². The molecule has 0 radical (unpaired) electrons. The number of nitrogens with zero attached hydrogens (tertiary/aromatic N) is 2. The summed E-state index contributed by atoms with van der Waals surface area (Å²) in [5.41, 5.74) is 0.443. The number of aromatic nitrogens is 2. The van der Waals surface area contributed by atoms with Crippen LogP contribution >= 0.6 is 11.8 Å². The number of alkyl halides is 3. The molecule has 31 heavy (non-hydrogen) atoms. The number of rotatable bonds is 7. The van der Waals surface area contributed by atoms with Crippen molar-refractivity contribution in [1.29, 1.82) is 5.41 Å². The van der Waals surface area contributed by atoms with E-state index in [1.165, 1.54) is 32.0 Å². The van der Waals surface area contributed by atoms with Gasteiger partial charge < -0.3 is 14.0 Å². The third kappa shape index (κ3) is 5.15. The van der Waals surface area contributed by atoms with Gasteiger partial charge in [0.25, 0.3) is 0 Å². The smallest absolute Gasteiger partial charge is 0.416 e. The average Bonchev–Trinajstić information content (AvgIpc) is 2.73. The van der Waals surface area contributed by atoms with Gasteiger partial charge in [0, 0.05) is 17.2 Å². The maximum Gasteiger partial charge on any atom is 0.416 e. The van der Waals surface area contributed by atoms with Gasteiger partial charge in [-0.05, 0) is 29.7 Å². The van der Waals surface area contributed by atoms with E-state index in [2.05, 4.69) is 13.8 Å². The van der Waals surface area contributed by atoms with Crippen LogP contribution in [0.1, 0.15) is 25.0 Å². The summed E-state index contributed by atoms with van der Waals surface area (Å²) in [5.74, 6) is 2.09.